The highest BCUT2D eigenvalue weighted by Crippen LogP contribution is 2.21. The SMILES string of the molecule is CCCc1[nH]n(-c2ccccc2)c(=O)c1C(C)=Nc1ccccc1CC. The lowest BCUT2D eigenvalue weighted by atomic mass is 10.1. The number of para-hydroxylation sites is 2. The first kappa shape index (κ1) is 17.9. The number of aliphatic imine (C=N–C) groups is 1. The molecule has 0 fully saturated rings. The number of hydrogen-bond donors (Lipinski definition) is 1. The fourth-order valence-electron chi connectivity index (χ4n) is 3.20. The first-order valence-corrected chi connectivity index (χ1v) is 9.18. The summed E-state index contributed by atoms with van der Waals surface area (Å²) in [4.78, 5) is 17.9. The van der Waals surface area contributed by atoms with Gasteiger partial charge in [0.1, 0.15) is 0 Å². The van der Waals surface area contributed by atoms with Gasteiger partial charge in [-0.3, -0.25) is 14.9 Å². The van der Waals surface area contributed by atoms with Gasteiger partial charge in [0.25, 0.3) is 5.56 Å². The molecule has 3 rings (SSSR count). The molecule has 0 radical (unpaired) electrons. The topological polar surface area (TPSA) is 50.1 Å². The van der Waals surface area contributed by atoms with E-state index in [0.29, 0.717) is 5.56 Å². The quantitative estimate of drug-likeness (QED) is 0.639. The van der Waals surface area contributed by atoms with Gasteiger partial charge in [-0.15, -0.1) is 0 Å². The van der Waals surface area contributed by atoms with Crippen LogP contribution >= 0.6 is 0 Å². The first-order chi connectivity index (χ1) is 12.7. The van der Waals surface area contributed by atoms with Crippen molar-refractivity contribution in [2.75, 3.05) is 0 Å². The summed E-state index contributed by atoms with van der Waals surface area (Å²) in [6.45, 7) is 6.15. The number of benzene rings is 2. The maximum Gasteiger partial charge on any atom is 0.280 e. The molecule has 4 heteroatoms. The molecule has 0 aliphatic carbocycles. The number of H-pyrrole nitrogens is 1. The molecule has 0 unspecified atom stereocenters. The second-order valence-electron chi connectivity index (χ2n) is 6.37. The molecular weight excluding hydrogens is 322 g/mol. The molecule has 0 aliphatic rings. The third kappa shape index (κ3) is 3.54. The highest BCUT2D eigenvalue weighted by molar-refractivity contribution is 6.01. The van der Waals surface area contributed by atoms with E-state index in [-0.39, 0.29) is 5.56 Å². The largest absolute Gasteiger partial charge is 0.294 e. The van der Waals surface area contributed by atoms with Gasteiger partial charge < -0.3 is 0 Å². The van der Waals surface area contributed by atoms with E-state index in [4.69, 9.17) is 4.99 Å². The van der Waals surface area contributed by atoms with Gasteiger partial charge in [0, 0.05) is 5.69 Å². The van der Waals surface area contributed by atoms with Crippen LogP contribution in [0, 0.1) is 0 Å². The van der Waals surface area contributed by atoms with E-state index in [1.807, 2.05) is 55.5 Å². The van der Waals surface area contributed by atoms with Crippen LogP contribution in [0.4, 0.5) is 5.69 Å². The molecule has 0 spiro atoms. The van der Waals surface area contributed by atoms with Crippen molar-refractivity contribution in [2.45, 2.75) is 40.0 Å². The van der Waals surface area contributed by atoms with E-state index in [1.54, 1.807) is 4.68 Å². The Balaban J connectivity index is 2.13. The van der Waals surface area contributed by atoms with Crippen molar-refractivity contribution < 1.29 is 0 Å². The predicted octanol–water partition coefficient (Wildman–Crippen LogP) is 4.82. The lowest BCUT2D eigenvalue weighted by molar-refractivity contribution is 0.793. The van der Waals surface area contributed by atoms with Crippen molar-refractivity contribution >= 4 is 11.4 Å². The molecule has 3 aromatic rings. The van der Waals surface area contributed by atoms with Crippen molar-refractivity contribution in [1.82, 2.24) is 9.78 Å². The van der Waals surface area contributed by atoms with Crippen LogP contribution in [0.15, 0.2) is 64.4 Å². The van der Waals surface area contributed by atoms with E-state index < -0.39 is 0 Å². The predicted molar refractivity (Wildman–Crippen MR) is 108 cm³/mol. The maximum atomic E-state index is 13.1. The molecule has 134 valence electrons. The van der Waals surface area contributed by atoms with Crippen LogP contribution in [0.1, 0.15) is 44.0 Å². The number of aromatic nitrogens is 2. The van der Waals surface area contributed by atoms with Crippen molar-refractivity contribution in [3.63, 3.8) is 0 Å². The molecule has 0 atom stereocenters. The number of aryl methyl sites for hydroxylation is 2. The van der Waals surface area contributed by atoms with Gasteiger partial charge in [0.05, 0.1) is 22.6 Å². The second kappa shape index (κ2) is 8.00. The fourth-order valence-corrected chi connectivity index (χ4v) is 3.20. The van der Waals surface area contributed by atoms with E-state index in [0.717, 1.165) is 42.0 Å². The Morgan fingerprint density at radius 2 is 1.73 bits per heavy atom. The van der Waals surface area contributed by atoms with Gasteiger partial charge in [-0.1, -0.05) is 56.7 Å². The maximum absolute atomic E-state index is 13.1. The van der Waals surface area contributed by atoms with Crippen molar-refractivity contribution in [3.05, 3.63) is 81.8 Å². The Kier molecular flexibility index (Phi) is 5.52. The average Bonchev–Trinajstić information content (AvgIpc) is 2.99. The Bertz CT molecular complexity index is 965. The minimum atomic E-state index is -0.0464. The van der Waals surface area contributed by atoms with Crippen LogP contribution in [0.2, 0.25) is 0 Å². The Morgan fingerprint density at radius 3 is 2.42 bits per heavy atom. The molecule has 2 aromatic carbocycles. The zero-order chi connectivity index (χ0) is 18.5. The molecule has 4 nitrogen and oxygen atoms in total. The molecule has 0 amide bonds. The highest BCUT2D eigenvalue weighted by atomic mass is 16.1. The van der Waals surface area contributed by atoms with Crippen molar-refractivity contribution in [1.29, 1.82) is 0 Å². The molecule has 0 saturated carbocycles. The van der Waals surface area contributed by atoms with Gasteiger partial charge in [-0.25, -0.2) is 4.68 Å². The van der Waals surface area contributed by atoms with Crippen LogP contribution in [0.3, 0.4) is 0 Å². The van der Waals surface area contributed by atoms with Crippen molar-refractivity contribution in [2.24, 2.45) is 4.99 Å². The van der Waals surface area contributed by atoms with E-state index in [9.17, 15) is 4.79 Å². The van der Waals surface area contributed by atoms with Gasteiger partial charge in [0.2, 0.25) is 0 Å². The number of rotatable bonds is 6. The monoisotopic (exact) mass is 347 g/mol. The summed E-state index contributed by atoms with van der Waals surface area (Å²) in [7, 11) is 0. The van der Waals surface area contributed by atoms with Gasteiger partial charge in [0.15, 0.2) is 0 Å². The number of hydrogen-bond acceptors (Lipinski definition) is 2. The second-order valence-corrected chi connectivity index (χ2v) is 6.37. The summed E-state index contributed by atoms with van der Waals surface area (Å²) in [5.41, 5.74) is 5.28. The molecular formula is C22H25N3O. The Hall–Kier alpha value is -2.88. The summed E-state index contributed by atoms with van der Waals surface area (Å²) in [5.74, 6) is 0. The van der Waals surface area contributed by atoms with Gasteiger partial charge >= 0.3 is 0 Å². The van der Waals surface area contributed by atoms with Crippen LogP contribution in [0.25, 0.3) is 5.69 Å². The first-order valence-electron chi connectivity index (χ1n) is 9.18. The third-order valence-electron chi connectivity index (χ3n) is 4.50. The smallest absolute Gasteiger partial charge is 0.280 e. The zero-order valence-electron chi connectivity index (χ0n) is 15.6. The third-order valence-corrected chi connectivity index (χ3v) is 4.50. The summed E-state index contributed by atoms with van der Waals surface area (Å²) >= 11 is 0. The Morgan fingerprint density at radius 1 is 1.04 bits per heavy atom. The fraction of sp³-hybridized carbons (Fsp3) is 0.273. The molecule has 1 heterocycles. The molecule has 0 aliphatic heterocycles. The van der Waals surface area contributed by atoms with E-state index >= 15 is 0 Å². The molecule has 0 bridgehead atoms. The number of nitrogens with zero attached hydrogens (tertiary/aromatic N) is 2. The minimum absolute atomic E-state index is 0.0464. The summed E-state index contributed by atoms with van der Waals surface area (Å²) in [6.07, 6.45) is 2.68. The summed E-state index contributed by atoms with van der Waals surface area (Å²) in [5, 5.41) is 3.29. The van der Waals surface area contributed by atoms with Crippen LogP contribution < -0.4 is 5.56 Å². The molecule has 26 heavy (non-hydrogen) atoms. The van der Waals surface area contributed by atoms with E-state index in [2.05, 4.69) is 25.0 Å². The highest BCUT2D eigenvalue weighted by Gasteiger charge is 2.17. The molecule has 1 N–H and O–H groups in total. The van der Waals surface area contributed by atoms with Crippen molar-refractivity contribution in [3.8, 4) is 5.69 Å². The lowest BCUT2D eigenvalue weighted by Crippen LogP contribution is -2.19. The van der Waals surface area contributed by atoms with E-state index in [1.165, 1.54) is 5.56 Å². The van der Waals surface area contributed by atoms with Crippen LogP contribution in [-0.2, 0) is 12.8 Å². The van der Waals surface area contributed by atoms with Crippen LogP contribution in [-0.4, -0.2) is 15.5 Å². The standard InChI is InChI=1S/C22H25N3O/c1-4-11-20-21(16(3)23-19-15-10-9-12-17(19)5-2)22(26)25(24-20)18-13-7-6-8-14-18/h6-10,12-15,24H,4-5,11H2,1-3H3. The van der Waals surface area contributed by atoms with Crippen LogP contribution in [0.5, 0.6) is 0 Å². The zero-order valence-corrected chi connectivity index (χ0v) is 15.6. The molecule has 1 aromatic heterocycles. The minimum Gasteiger partial charge on any atom is -0.294 e. The molecule has 0 saturated heterocycles. The van der Waals surface area contributed by atoms with Gasteiger partial charge in [-0.2, -0.15) is 0 Å². The lowest BCUT2D eigenvalue weighted by Gasteiger charge is -2.05. The average molecular weight is 347 g/mol. The van der Waals surface area contributed by atoms with Gasteiger partial charge in [-0.05, 0) is 43.5 Å². The normalized spacial score (nSPS) is 11.7. The summed E-state index contributed by atoms with van der Waals surface area (Å²) < 4.78 is 1.62. The number of nitrogens with one attached hydrogen (secondary N) is 1. The Labute approximate surface area is 154 Å². The number of aromatic amines is 1. The summed E-state index contributed by atoms with van der Waals surface area (Å²) in [6, 6.07) is 17.8.